The average Bonchev–Trinajstić information content (AvgIpc) is 3.24. The second kappa shape index (κ2) is 11.3. The van der Waals surface area contributed by atoms with Crippen LogP contribution in [0.5, 0.6) is 0 Å². The fourth-order valence-electron chi connectivity index (χ4n) is 2.62. The molecule has 0 radical (unpaired) electrons. The van der Waals surface area contributed by atoms with Crippen molar-refractivity contribution in [2.24, 2.45) is 0 Å². The van der Waals surface area contributed by atoms with Gasteiger partial charge in [-0.3, -0.25) is 4.79 Å². The number of unbranched alkanes of at least 4 members (excludes halogenated alkanes) is 12. The highest BCUT2D eigenvalue weighted by Crippen LogP contribution is 2.32. The lowest BCUT2D eigenvalue weighted by Crippen LogP contribution is -2.11. The summed E-state index contributed by atoms with van der Waals surface area (Å²) >= 11 is 0. The minimum Gasteiger partial charge on any atom is -0.297 e. The largest absolute Gasteiger partial charge is 0.297 e. The van der Waals surface area contributed by atoms with E-state index in [0.29, 0.717) is 6.42 Å². The van der Waals surface area contributed by atoms with E-state index in [1.165, 1.54) is 77.0 Å². The van der Waals surface area contributed by atoms with Gasteiger partial charge in [0.05, 0.1) is 0 Å². The minimum absolute atomic E-state index is 0.717. The second-order valence-electron chi connectivity index (χ2n) is 6.09. The molecule has 1 aliphatic heterocycles. The Morgan fingerprint density at radius 3 is 1.45 bits per heavy atom. The van der Waals surface area contributed by atoms with Crippen LogP contribution in [0.15, 0.2) is 0 Å². The molecule has 0 aliphatic carbocycles. The van der Waals surface area contributed by atoms with E-state index in [1.807, 2.05) is 0 Å². The molecule has 0 aromatic carbocycles. The lowest BCUT2D eigenvalue weighted by atomic mass is 10.0. The SMILES string of the molecule is CCCCCCCCCCCCCCCC1(C=O)OO1. The molecule has 0 saturated carbocycles. The van der Waals surface area contributed by atoms with Gasteiger partial charge in [-0.05, 0) is 6.42 Å². The Hall–Kier alpha value is -0.410. The van der Waals surface area contributed by atoms with Gasteiger partial charge in [0.15, 0.2) is 6.29 Å². The van der Waals surface area contributed by atoms with E-state index in [0.717, 1.165) is 12.7 Å². The number of carbonyl (C=O) groups excluding carboxylic acids is 1. The lowest BCUT2D eigenvalue weighted by molar-refractivity contribution is -0.113. The zero-order valence-corrected chi connectivity index (χ0v) is 13.2. The average molecular weight is 284 g/mol. The highest BCUT2D eigenvalue weighted by molar-refractivity contribution is 5.61. The van der Waals surface area contributed by atoms with Gasteiger partial charge in [-0.1, -0.05) is 84.0 Å². The minimum atomic E-state index is -0.849. The summed E-state index contributed by atoms with van der Waals surface area (Å²) in [4.78, 5) is 20.0. The Kier molecular flexibility index (Phi) is 9.94. The van der Waals surface area contributed by atoms with E-state index >= 15 is 0 Å². The number of rotatable bonds is 15. The molecule has 0 unspecified atom stereocenters. The van der Waals surface area contributed by atoms with E-state index in [9.17, 15) is 4.79 Å². The summed E-state index contributed by atoms with van der Waals surface area (Å²) in [7, 11) is 0. The van der Waals surface area contributed by atoms with Gasteiger partial charge in [-0.25, -0.2) is 0 Å². The molecule has 1 fully saturated rings. The van der Waals surface area contributed by atoms with Gasteiger partial charge >= 0.3 is 0 Å². The Morgan fingerprint density at radius 2 is 1.10 bits per heavy atom. The summed E-state index contributed by atoms with van der Waals surface area (Å²) in [5.74, 6) is -0.849. The zero-order chi connectivity index (χ0) is 14.5. The molecule has 1 rings (SSSR count). The molecule has 0 N–H and O–H groups in total. The predicted octanol–water partition coefficient (Wildman–Crippen LogP) is 5.32. The van der Waals surface area contributed by atoms with E-state index in [4.69, 9.17) is 0 Å². The number of hydrogen-bond acceptors (Lipinski definition) is 3. The molecule has 0 aromatic heterocycles. The van der Waals surface area contributed by atoms with Crippen molar-refractivity contribution in [3.05, 3.63) is 0 Å². The van der Waals surface area contributed by atoms with Crippen molar-refractivity contribution in [2.45, 2.75) is 103 Å². The van der Waals surface area contributed by atoms with Crippen LogP contribution in [0.2, 0.25) is 0 Å². The molecule has 1 saturated heterocycles. The molecule has 0 spiro atoms. The standard InChI is InChI=1S/C17H32O3/c1-2-3-4-5-6-7-8-9-10-11-12-13-14-15-17(16-18)19-20-17/h16H,2-15H2,1H3. The third-order valence-electron chi connectivity index (χ3n) is 4.11. The third kappa shape index (κ3) is 8.70. The van der Waals surface area contributed by atoms with Crippen molar-refractivity contribution in [1.29, 1.82) is 0 Å². The molecule has 0 amide bonds. The van der Waals surface area contributed by atoms with Gasteiger partial charge in [0.2, 0.25) is 0 Å². The Bertz CT molecular complexity index is 236. The van der Waals surface area contributed by atoms with Crippen LogP contribution < -0.4 is 0 Å². The molecule has 20 heavy (non-hydrogen) atoms. The normalized spacial score (nSPS) is 16.2. The zero-order valence-electron chi connectivity index (χ0n) is 13.2. The summed E-state index contributed by atoms with van der Waals surface area (Å²) in [5, 5.41) is 0. The van der Waals surface area contributed by atoms with Crippen LogP contribution in [0.25, 0.3) is 0 Å². The number of hydrogen-bond donors (Lipinski definition) is 0. The molecule has 118 valence electrons. The fraction of sp³-hybridized carbons (Fsp3) is 0.941. The maximum Gasteiger partial charge on any atom is 0.288 e. The van der Waals surface area contributed by atoms with Gasteiger partial charge in [-0.2, -0.15) is 9.78 Å². The van der Waals surface area contributed by atoms with Crippen LogP contribution in [0.4, 0.5) is 0 Å². The lowest BCUT2D eigenvalue weighted by Gasteiger charge is -2.03. The predicted molar refractivity (Wildman–Crippen MR) is 81.3 cm³/mol. The maximum absolute atomic E-state index is 10.6. The van der Waals surface area contributed by atoms with E-state index in [-0.39, 0.29) is 0 Å². The van der Waals surface area contributed by atoms with Crippen LogP contribution in [0.1, 0.15) is 96.8 Å². The smallest absolute Gasteiger partial charge is 0.288 e. The first-order valence-electron chi connectivity index (χ1n) is 8.66. The molecule has 0 bridgehead atoms. The molecule has 1 heterocycles. The number of aldehydes is 1. The Morgan fingerprint density at radius 1 is 0.700 bits per heavy atom. The fourth-order valence-corrected chi connectivity index (χ4v) is 2.62. The summed E-state index contributed by atoms with van der Waals surface area (Å²) < 4.78 is 0. The topological polar surface area (TPSA) is 42.1 Å². The van der Waals surface area contributed by atoms with Gasteiger partial charge in [0.1, 0.15) is 0 Å². The first-order chi connectivity index (χ1) is 9.83. The summed E-state index contributed by atoms with van der Waals surface area (Å²) in [6, 6.07) is 0. The Balaban J connectivity index is 1.69. The van der Waals surface area contributed by atoms with Crippen molar-refractivity contribution >= 4 is 6.29 Å². The van der Waals surface area contributed by atoms with Crippen molar-refractivity contribution < 1.29 is 14.6 Å². The van der Waals surface area contributed by atoms with Crippen molar-refractivity contribution in [3.8, 4) is 0 Å². The van der Waals surface area contributed by atoms with Crippen molar-refractivity contribution in [1.82, 2.24) is 0 Å². The molecule has 3 nitrogen and oxygen atoms in total. The van der Waals surface area contributed by atoms with Gasteiger partial charge in [-0.15, -0.1) is 0 Å². The van der Waals surface area contributed by atoms with Crippen LogP contribution in [-0.4, -0.2) is 12.1 Å². The second-order valence-corrected chi connectivity index (χ2v) is 6.09. The quantitative estimate of drug-likeness (QED) is 0.177. The molecule has 0 atom stereocenters. The third-order valence-corrected chi connectivity index (χ3v) is 4.11. The molecule has 3 heteroatoms. The molecular weight excluding hydrogens is 252 g/mol. The molecular formula is C17H32O3. The van der Waals surface area contributed by atoms with Crippen LogP contribution in [0, 0.1) is 0 Å². The molecule has 1 aliphatic rings. The van der Waals surface area contributed by atoms with Gasteiger partial charge in [0, 0.05) is 6.42 Å². The monoisotopic (exact) mass is 284 g/mol. The summed E-state index contributed by atoms with van der Waals surface area (Å²) in [6.45, 7) is 2.27. The van der Waals surface area contributed by atoms with Crippen LogP contribution in [-0.2, 0) is 14.6 Å². The Labute approximate surface area is 124 Å². The van der Waals surface area contributed by atoms with Crippen LogP contribution in [0.3, 0.4) is 0 Å². The summed E-state index contributed by atoms with van der Waals surface area (Å²) in [5.41, 5.74) is 0. The van der Waals surface area contributed by atoms with Crippen molar-refractivity contribution in [2.75, 3.05) is 0 Å². The van der Waals surface area contributed by atoms with E-state index in [1.54, 1.807) is 0 Å². The highest BCUT2D eigenvalue weighted by atomic mass is 17.4. The first kappa shape index (κ1) is 17.6. The van der Waals surface area contributed by atoms with Gasteiger partial charge in [0.25, 0.3) is 5.79 Å². The van der Waals surface area contributed by atoms with Gasteiger partial charge < -0.3 is 0 Å². The van der Waals surface area contributed by atoms with Crippen molar-refractivity contribution in [3.63, 3.8) is 0 Å². The summed E-state index contributed by atoms with van der Waals surface area (Å²) in [6.07, 6.45) is 18.9. The first-order valence-corrected chi connectivity index (χ1v) is 8.66. The molecule has 0 aromatic rings. The van der Waals surface area contributed by atoms with Crippen LogP contribution >= 0.6 is 0 Å². The highest BCUT2D eigenvalue weighted by Gasteiger charge is 2.48. The maximum atomic E-state index is 10.6. The van der Waals surface area contributed by atoms with E-state index < -0.39 is 5.79 Å². The van der Waals surface area contributed by atoms with E-state index in [2.05, 4.69) is 16.7 Å². The number of carbonyl (C=O) groups is 1.